The normalized spacial score (nSPS) is 10.6. The zero-order valence-corrected chi connectivity index (χ0v) is 12.8. The van der Waals surface area contributed by atoms with E-state index in [1.165, 1.54) is 12.1 Å². The van der Waals surface area contributed by atoms with Crippen molar-refractivity contribution in [3.8, 4) is 5.75 Å². The number of nitro groups is 1. The average molecular weight is 332 g/mol. The number of fused-ring (bicyclic) bond motifs is 1. The Morgan fingerprint density at radius 2 is 1.77 bits per heavy atom. The first kappa shape index (κ1) is 14.7. The van der Waals surface area contributed by atoms with Crippen LogP contribution in [0, 0.1) is 10.1 Å². The van der Waals surface area contributed by atoms with Gasteiger partial charge in [0.2, 0.25) is 5.75 Å². The van der Waals surface area contributed by atoms with Crippen LogP contribution in [0.25, 0.3) is 10.8 Å². The van der Waals surface area contributed by atoms with Gasteiger partial charge in [0, 0.05) is 16.0 Å². The fourth-order valence-electron chi connectivity index (χ4n) is 2.02. The maximum Gasteiger partial charge on any atom is 0.313 e. The number of hydrogen-bond acceptors (Lipinski definition) is 4. The Kier molecular flexibility index (Phi) is 4.18. The summed E-state index contributed by atoms with van der Waals surface area (Å²) in [5.74, 6) is 0.174. The minimum atomic E-state index is -0.512. The van der Waals surface area contributed by atoms with Crippen molar-refractivity contribution in [2.24, 2.45) is 0 Å². The molecule has 0 N–H and O–H groups in total. The van der Waals surface area contributed by atoms with Gasteiger partial charge in [-0.05, 0) is 35.0 Å². The Labute approximate surface area is 136 Å². The van der Waals surface area contributed by atoms with E-state index in [2.05, 4.69) is 0 Å². The molecule has 0 aliphatic rings. The van der Waals surface area contributed by atoms with Gasteiger partial charge in [-0.1, -0.05) is 41.9 Å². The quantitative estimate of drug-likeness (QED) is 0.360. The number of hydrogen-bond donors (Lipinski definition) is 0. The number of nitro benzene ring substituents is 1. The number of halogens is 1. The molecule has 0 aliphatic heterocycles. The van der Waals surface area contributed by atoms with Gasteiger partial charge in [0.05, 0.1) is 17.0 Å². The zero-order valence-electron chi connectivity index (χ0n) is 11.2. The van der Waals surface area contributed by atoms with Gasteiger partial charge in [0.1, 0.15) is 0 Å². The molecule has 3 aromatic carbocycles. The second kappa shape index (κ2) is 6.25. The summed E-state index contributed by atoms with van der Waals surface area (Å²) in [7, 11) is 0. The molecule has 0 fully saturated rings. The van der Waals surface area contributed by atoms with Gasteiger partial charge in [0.25, 0.3) is 0 Å². The van der Waals surface area contributed by atoms with Gasteiger partial charge in [0.15, 0.2) is 0 Å². The number of benzene rings is 3. The van der Waals surface area contributed by atoms with E-state index in [9.17, 15) is 10.1 Å². The second-order valence-corrected chi connectivity index (χ2v) is 5.79. The Bertz CT molecular complexity index is 854. The Morgan fingerprint density at radius 3 is 2.55 bits per heavy atom. The van der Waals surface area contributed by atoms with Gasteiger partial charge in [-0.2, -0.15) is 0 Å². The highest BCUT2D eigenvalue weighted by molar-refractivity contribution is 7.95. The molecule has 0 atom stereocenters. The van der Waals surface area contributed by atoms with Crippen LogP contribution in [0.2, 0.25) is 5.02 Å². The van der Waals surface area contributed by atoms with Crippen LogP contribution in [0.15, 0.2) is 65.6 Å². The van der Waals surface area contributed by atoms with Crippen molar-refractivity contribution in [1.82, 2.24) is 0 Å². The van der Waals surface area contributed by atoms with Crippen LogP contribution < -0.4 is 4.18 Å². The molecule has 6 heteroatoms. The molecule has 0 aliphatic carbocycles. The predicted octanol–water partition coefficient (Wildman–Crippen LogP) is 5.49. The summed E-state index contributed by atoms with van der Waals surface area (Å²) in [6.07, 6.45) is 0. The summed E-state index contributed by atoms with van der Waals surface area (Å²) in [6.45, 7) is 0. The molecule has 0 amide bonds. The van der Waals surface area contributed by atoms with Crippen LogP contribution in [0.5, 0.6) is 5.75 Å². The minimum absolute atomic E-state index is 0.152. The molecule has 3 aromatic rings. The van der Waals surface area contributed by atoms with Crippen LogP contribution >= 0.6 is 23.6 Å². The third kappa shape index (κ3) is 3.16. The Hall–Kier alpha value is -2.24. The molecule has 0 saturated carbocycles. The smallest absolute Gasteiger partial charge is 0.313 e. The van der Waals surface area contributed by atoms with Crippen molar-refractivity contribution >= 4 is 40.1 Å². The standard InChI is InChI=1S/C16H10ClNO3S/c17-13-6-8-16(15(10-13)18(19)20)21-22-14-7-5-11-3-1-2-4-12(11)9-14/h1-10H. The first-order valence-electron chi connectivity index (χ1n) is 6.41. The second-order valence-electron chi connectivity index (χ2n) is 4.54. The summed E-state index contributed by atoms with van der Waals surface area (Å²) >= 11 is 6.85. The van der Waals surface area contributed by atoms with Gasteiger partial charge in [-0.25, -0.2) is 0 Å². The third-order valence-corrected chi connectivity index (χ3v) is 4.01. The molecule has 3 rings (SSSR count). The van der Waals surface area contributed by atoms with Crippen molar-refractivity contribution < 1.29 is 9.11 Å². The molecule has 0 heterocycles. The number of rotatable bonds is 4. The maximum atomic E-state index is 11.0. The van der Waals surface area contributed by atoms with E-state index in [0.29, 0.717) is 5.02 Å². The first-order chi connectivity index (χ1) is 10.6. The van der Waals surface area contributed by atoms with Crippen molar-refractivity contribution in [3.63, 3.8) is 0 Å². The Balaban J connectivity index is 1.83. The Morgan fingerprint density at radius 1 is 1.00 bits per heavy atom. The highest BCUT2D eigenvalue weighted by Gasteiger charge is 2.16. The van der Waals surface area contributed by atoms with Gasteiger partial charge in [-0.15, -0.1) is 0 Å². The highest BCUT2D eigenvalue weighted by atomic mass is 35.5. The summed E-state index contributed by atoms with van der Waals surface area (Å²) < 4.78 is 5.50. The van der Waals surface area contributed by atoms with Crippen LogP contribution in [-0.2, 0) is 0 Å². The summed E-state index contributed by atoms with van der Waals surface area (Å²) in [4.78, 5) is 11.4. The van der Waals surface area contributed by atoms with E-state index in [-0.39, 0.29) is 11.4 Å². The monoisotopic (exact) mass is 331 g/mol. The fraction of sp³-hybridized carbons (Fsp3) is 0. The maximum absolute atomic E-state index is 11.0. The van der Waals surface area contributed by atoms with Crippen molar-refractivity contribution in [3.05, 3.63) is 75.8 Å². The molecule has 22 heavy (non-hydrogen) atoms. The van der Waals surface area contributed by atoms with Crippen molar-refractivity contribution in [1.29, 1.82) is 0 Å². The van der Waals surface area contributed by atoms with Crippen LogP contribution in [0.1, 0.15) is 0 Å². The first-order valence-corrected chi connectivity index (χ1v) is 7.53. The molecular weight excluding hydrogens is 322 g/mol. The molecule has 0 bridgehead atoms. The molecule has 0 aromatic heterocycles. The predicted molar refractivity (Wildman–Crippen MR) is 88.5 cm³/mol. The average Bonchev–Trinajstić information content (AvgIpc) is 2.53. The molecule has 0 saturated heterocycles. The summed E-state index contributed by atoms with van der Waals surface area (Å²) in [5.41, 5.74) is -0.152. The molecular formula is C16H10ClNO3S. The van der Waals surface area contributed by atoms with Crippen LogP contribution in [0.3, 0.4) is 0 Å². The minimum Gasteiger partial charge on any atom is -0.413 e. The lowest BCUT2D eigenvalue weighted by molar-refractivity contribution is -0.385. The van der Waals surface area contributed by atoms with E-state index in [1.54, 1.807) is 6.07 Å². The molecule has 0 radical (unpaired) electrons. The van der Waals surface area contributed by atoms with E-state index >= 15 is 0 Å². The molecule has 110 valence electrons. The lowest BCUT2D eigenvalue weighted by Crippen LogP contribution is -1.92. The lowest BCUT2D eigenvalue weighted by Gasteiger charge is -2.06. The summed E-state index contributed by atoms with van der Waals surface area (Å²) in [6, 6.07) is 18.2. The van der Waals surface area contributed by atoms with Gasteiger partial charge in [-0.3, -0.25) is 10.1 Å². The number of nitrogens with zero attached hydrogens (tertiary/aromatic N) is 1. The SMILES string of the molecule is O=[N+]([O-])c1cc(Cl)ccc1OSc1ccc2ccccc2c1. The van der Waals surface area contributed by atoms with Crippen molar-refractivity contribution in [2.75, 3.05) is 0 Å². The zero-order chi connectivity index (χ0) is 15.5. The van der Waals surface area contributed by atoms with Crippen molar-refractivity contribution in [2.45, 2.75) is 4.90 Å². The molecule has 4 nitrogen and oxygen atoms in total. The van der Waals surface area contributed by atoms with E-state index in [1.807, 2.05) is 42.5 Å². The summed E-state index contributed by atoms with van der Waals surface area (Å²) in [5, 5.41) is 13.5. The van der Waals surface area contributed by atoms with E-state index < -0.39 is 4.92 Å². The highest BCUT2D eigenvalue weighted by Crippen LogP contribution is 2.34. The topological polar surface area (TPSA) is 52.4 Å². The van der Waals surface area contributed by atoms with E-state index in [4.69, 9.17) is 15.8 Å². The van der Waals surface area contributed by atoms with Gasteiger partial charge < -0.3 is 4.18 Å². The third-order valence-electron chi connectivity index (χ3n) is 3.07. The van der Waals surface area contributed by atoms with Crippen LogP contribution in [0.4, 0.5) is 5.69 Å². The molecule has 0 spiro atoms. The van der Waals surface area contributed by atoms with E-state index in [0.717, 1.165) is 27.7 Å². The van der Waals surface area contributed by atoms with Gasteiger partial charge >= 0.3 is 5.69 Å². The molecule has 0 unspecified atom stereocenters. The fourth-order valence-corrected chi connectivity index (χ4v) is 2.81. The largest absolute Gasteiger partial charge is 0.413 e. The lowest BCUT2D eigenvalue weighted by atomic mass is 10.1. The van der Waals surface area contributed by atoms with Crippen LogP contribution in [-0.4, -0.2) is 4.92 Å².